The van der Waals surface area contributed by atoms with Crippen molar-refractivity contribution in [2.24, 2.45) is 5.92 Å². The Morgan fingerprint density at radius 2 is 1.91 bits per heavy atom. The Morgan fingerprint density at radius 1 is 1.27 bits per heavy atom. The van der Waals surface area contributed by atoms with E-state index in [2.05, 4.69) is 26.1 Å². The molecule has 1 fully saturated rings. The zero-order valence-corrected chi connectivity index (χ0v) is 14.8. The first kappa shape index (κ1) is 19.7. The normalized spacial score (nSPS) is 17.3. The first-order chi connectivity index (χ1) is 9.90. The zero-order valence-electron chi connectivity index (χ0n) is 12.4. The second-order valence-electron chi connectivity index (χ2n) is 5.58. The van der Waals surface area contributed by atoms with Crippen LogP contribution in [-0.2, 0) is 12.7 Å². The van der Waals surface area contributed by atoms with Crippen LogP contribution in [-0.4, -0.2) is 31.6 Å². The molecule has 0 unspecified atom stereocenters. The number of nitrogens with one attached hydrogen (secondary N) is 1. The number of hydrogen-bond acceptors (Lipinski definition) is 2. The van der Waals surface area contributed by atoms with Crippen LogP contribution in [0, 0.1) is 5.92 Å². The molecule has 1 aliphatic heterocycles. The van der Waals surface area contributed by atoms with Gasteiger partial charge in [-0.25, -0.2) is 0 Å². The third-order valence-corrected chi connectivity index (χ3v) is 4.46. The lowest BCUT2D eigenvalue weighted by Gasteiger charge is -2.32. The predicted octanol–water partition coefficient (Wildman–Crippen LogP) is 4.32. The lowest BCUT2D eigenvalue weighted by Crippen LogP contribution is -2.36. The van der Waals surface area contributed by atoms with Gasteiger partial charge in [0, 0.05) is 11.0 Å². The third kappa shape index (κ3) is 5.41. The Bertz CT molecular complexity index is 474. The highest BCUT2D eigenvalue weighted by Crippen LogP contribution is 2.34. The van der Waals surface area contributed by atoms with E-state index in [1.165, 1.54) is 6.07 Å². The van der Waals surface area contributed by atoms with Crippen LogP contribution < -0.4 is 5.32 Å². The smallest absolute Gasteiger partial charge is 0.319 e. The van der Waals surface area contributed by atoms with Crippen molar-refractivity contribution in [2.75, 3.05) is 26.7 Å². The fraction of sp³-hybridized carbons (Fsp3) is 0.600. The van der Waals surface area contributed by atoms with Crippen LogP contribution in [0.3, 0.4) is 0 Å². The SMILES string of the molecule is CNCC1CCN(Cc2ccc(Br)cc2C(F)(F)F)CC1.Cl. The molecule has 0 atom stereocenters. The Balaban J connectivity index is 0.00000242. The molecular weight excluding hydrogens is 381 g/mol. The van der Waals surface area contributed by atoms with E-state index in [1.807, 2.05) is 7.05 Å². The average Bonchev–Trinajstić information content (AvgIpc) is 2.42. The van der Waals surface area contributed by atoms with Gasteiger partial charge in [0.1, 0.15) is 0 Å². The summed E-state index contributed by atoms with van der Waals surface area (Å²) in [6.45, 7) is 3.08. The van der Waals surface area contributed by atoms with Crippen molar-refractivity contribution in [3.63, 3.8) is 0 Å². The molecule has 0 amide bonds. The first-order valence-corrected chi connectivity index (χ1v) is 7.92. The van der Waals surface area contributed by atoms with Crippen molar-refractivity contribution in [1.82, 2.24) is 10.2 Å². The summed E-state index contributed by atoms with van der Waals surface area (Å²) in [6, 6.07) is 4.42. The van der Waals surface area contributed by atoms with Gasteiger partial charge in [-0.3, -0.25) is 4.90 Å². The van der Waals surface area contributed by atoms with Crippen LogP contribution in [0.1, 0.15) is 24.0 Å². The largest absolute Gasteiger partial charge is 0.416 e. The van der Waals surface area contributed by atoms with Gasteiger partial charge in [0.05, 0.1) is 5.56 Å². The molecular formula is C15H21BrClF3N2. The quantitative estimate of drug-likeness (QED) is 0.808. The van der Waals surface area contributed by atoms with E-state index >= 15 is 0 Å². The maximum atomic E-state index is 13.1. The molecule has 0 radical (unpaired) electrons. The van der Waals surface area contributed by atoms with E-state index in [9.17, 15) is 13.2 Å². The van der Waals surface area contributed by atoms with E-state index < -0.39 is 11.7 Å². The van der Waals surface area contributed by atoms with Crippen molar-refractivity contribution in [3.8, 4) is 0 Å². The second-order valence-corrected chi connectivity index (χ2v) is 6.49. The van der Waals surface area contributed by atoms with Crippen LogP contribution in [0.25, 0.3) is 0 Å². The minimum atomic E-state index is -4.30. The minimum absolute atomic E-state index is 0. The second kappa shape index (κ2) is 8.52. The van der Waals surface area contributed by atoms with E-state index in [-0.39, 0.29) is 12.4 Å². The van der Waals surface area contributed by atoms with Gasteiger partial charge in [0.15, 0.2) is 0 Å². The molecule has 0 aromatic heterocycles. The Hall–Kier alpha value is -0.300. The summed E-state index contributed by atoms with van der Waals surface area (Å²) >= 11 is 3.12. The molecule has 126 valence electrons. The molecule has 7 heteroatoms. The van der Waals surface area contributed by atoms with Crippen molar-refractivity contribution in [1.29, 1.82) is 0 Å². The molecule has 0 bridgehead atoms. The number of rotatable bonds is 4. The lowest BCUT2D eigenvalue weighted by atomic mass is 9.96. The van der Waals surface area contributed by atoms with Gasteiger partial charge < -0.3 is 5.32 Å². The zero-order chi connectivity index (χ0) is 15.5. The van der Waals surface area contributed by atoms with Crippen LogP contribution in [0.5, 0.6) is 0 Å². The Kier molecular flexibility index (Phi) is 7.65. The summed E-state index contributed by atoms with van der Waals surface area (Å²) < 4.78 is 39.8. The van der Waals surface area contributed by atoms with Gasteiger partial charge in [-0.1, -0.05) is 22.0 Å². The van der Waals surface area contributed by atoms with E-state index in [4.69, 9.17) is 0 Å². The summed E-state index contributed by atoms with van der Waals surface area (Å²) in [5.41, 5.74) is -0.174. The molecule has 22 heavy (non-hydrogen) atoms. The highest BCUT2D eigenvalue weighted by molar-refractivity contribution is 9.10. The highest BCUT2D eigenvalue weighted by atomic mass is 79.9. The van der Waals surface area contributed by atoms with Crippen molar-refractivity contribution in [2.45, 2.75) is 25.6 Å². The number of likely N-dealkylation sites (tertiary alicyclic amines) is 1. The fourth-order valence-corrected chi connectivity index (χ4v) is 3.19. The maximum Gasteiger partial charge on any atom is 0.416 e. The van der Waals surface area contributed by atoms with Gasteiger partial charge in [-0.15, -0.1) is 12.4 Å². The van der Waals surface area contributed by atoms with Crippen LogP contribution in [0.15, 0.2) is 22.7 Å². The van der Waals surface area contributed by atoms with Gasteiger partial charge in [-0.2, -0.15) is 13.2 Å². The molecule has 2 rings (SSSR count). The number of nitrogens with zero attached hydrogens (tertiary/aromatic N) is 1. The first-order valence-electron chi connectivity index (χ1n) is 7.12. The summed E-state index contributed by atoms with van der Waals surface area (Å²) in [5, 5.41) is 3.16. The molecule has 1 saturated heterocycles. The standard InChI is InChI=1S/C15H20BrF3N2.ClH/c1-20-9-11-4-6-21(7-5-11)10-12-2-3-13(16)8-14(12)15(17,18)19;/h2-3,8,11,20H,4-7,9-10H2,1H3;1H. The van der Waals surface area contributed by atoms with E-state index in [1.54, 1.807) is 12.1 Å². The van der Waals surface area contributed by atoms with E-state index in [0.29, 0.717) is 22.5 Å². The number of benzene rings is 1. The van der Waals surface area contributed by atoms with Gasteiger partial charge >= 0.3 is 6.18 Å². The van der Waals surface area contributed by atoms with Crippen molar-refractivity contribution >= 4 is 28.3 Å². The molecule has 1 N–H and O–H groups in total. The van der Waals surface area contributed by atoms with Gasteiger partial charge in [-0.05, 0) is 63.1 Å². The number of hydrogen-bond donors (Lipinski definition) is 1. The molecule has 1 aromatic carbocycles. The monoisotopic (exact) mass is 400 g/mol. The molecule has 0 aliphatic carbocycles. The van der Waals surface area contributed by atoms with Crippen molar-refractivity contribution in [3.05, 3.63) is 33.8 Å². The molecule has 2 nitrogen and oxygen atoms in total. The third-order valence-electron chi connectivity index (χ3n) is 3.97. The van der Waals surface area contributed by atoms with Gasteiger partial charge in [0.2, 0.25) is 0 Å². The van der Waals surface area contributed by atoms with E-state index in [0.717, 1.165) is 32.5 Å². The maximum absolute atomic E-state index is 13.1. The van der Waals surface area contributed by atoms with Gasteiger partial charge in [0.25, 0.3) is 0 Å². The summed E-state index contributed by atoms with van der Waals surface area (Å²) in [5.74, 6) is 0.637. The lowest BCUT2D eigenvalue weighted by molar-refractivity contribution is -0.138. The van der Waals surface area contributed by atoms with Crippen LogP contribution in [0.4, 0.5) is 13.2 Å². The number of halogens is 5. The Labute approximate surface area is 144 Å². The molecule has 1 heterocycles. The number of piperidine rings is 1. The van der Waals surface area contributed by atoms with Crippen molar-refractivity contribution < 1.29 is 13.2 Å². The fourth-order valence-electron chi connectivity index (χ4n) is 2.83. The summed E-state index contributed by atoms with van der Waals surface area (Å²) in [4.78, 5) is 2.12. The Morgan fingerprint density at radius 3 is 2.45 bits per heavy atom. The number of alkyl halides is 3. The average molecular weight is 402 g/mol. The molecule has 1 aromatic rings. The summed E-state index contributed by atoms with van der Waals surface area (Å²) in [6.07, 6.45) is -2.22. The summed E-state index contributed by atoms with van der Waals surface area (Å²) in [7, 11) is 1.93. The predicted molar refractivity (Wildman–Crippen MR) is 88.3 cm³/mol. The van der Waals surface area contributed by atoms with Crippen LogP contribution >= 0.6 is 28.3 Å². The minimum Gasteiger partial charge on any atom is -0.319 e. The molecule has 0 spiro atoms. The highest BCUT2D eigenvalue weighted by Gasteiger charge is 2.34. The topological polar surface area (TPSA) is 15.3 Å². The molecule has 0 saturated carbocycles. The van der Waals surface area contributed by atoms with Crippen LogP contribution in [0.2, 0.25) is 0 Å². The molecule has 1 aliphatic rings.